The maximum atomic E-state index is 12.2. The zero-order valence-corrected chi connectivity index (χ0v) is 14.5. The van der Waals surface area contributed by atoms with Gasteiger partial charge in [-0.15, -0.1) is 0 Å². The predicted octanol–water partition coefficient (Wildman–Crippen LogP) is 3.29. The summed E-state index contributed by atoms with van der Waals surface area (Å²) < 4.78 is 0.955. The molecule has 0 aliphatic carbocycles. The molecule has 4 heteroatoms. The Bertz CT molecular complexity index is 434. The van der Waals surface area contributed by atoms with Crippen molar-refractivity contribution in [2.75, 3.05) is 33.7 Å². The van der Waals surface area contributed by atoms with Crippen molar-refractivity contribution in [3.05, 3.63) is 34.3 Å². The molecular weight excluding hydrogens is 316 g/mol. The number of Topliss-reactive ketones (excluding diaryl/α,β-unsaturated/α-hetero) is 1. The number of hydrogen-bond acceptors (Lipinski definition) is 3. The molecule has 0 amide bonds. The minimum Gasteiger partial charge on any atom is -0.308 e. The van der Waals surface area contributed by atoms with Crippen molar-refractivity contribution < 1.29 is 4.79 Å². The molecule has 0 aromatic heterocycles. The molecule has 0 bridgehead atoms. The Morgan fingerprint density at radius 1 is 1.35 bits per heavy atom. The van der Waals surface area contributed by atoms with Gasteiger partial charge in [0.25, 0.3) is 0 Å². The number of ketones is 1. The van der Waals surface area contributed by atoms with Gasteiger partial charge in [-0.05, 0) is 39.7 Å². The van der Waals surface area contributed by atoms with Crippen molar-refractivity contribution in [1.29, 1.82) is 0 Å². The summed E-state index contributed by atoms with van der Waals surface area (Å²) in [5.74, 6) is 0.210. The van der Waals surface area contributed by atoms with Gasteiger partial charge < -0.3 is 4.90 Å². The molecule has 0 heterocycles. The summed E-state index contributed by atoms with van der Waals surface area (Å²) in [5.41, 5.74) is 0.788. The second-order valence-electron chi connectivity index (χ2n) is 5.42. The lowest BCUT2D eigenvalue weighted by Gasteiger charge is -2.29. The number of benzene rings is 1. The maximum absolute atomic E-state index is 12.2. The highest BCUT2D eigenvalue weighted by atomic mass is 79.9. The summed E-state index contributed by atoms with van der Waals surface area (Å²) in [7, 11) is 4.16. The van der Waals surface area contributed by atoms with Crippen LogP contribution in [0.5, 0.6) is 0 Å². The van der Waals surface area contributed by atoms with Crippen molar-refractivity contribution in [1.82, 2.24) is 9.80 Å². The Kier molecular flexibility index (Phi) is 7.41. The number of halogens is 1. The summed E-state index contributed by atoms with van der Waals surface area (Å²) in [6.45, 7) is 7.17. The molecule has 20 heavy (non-hydrogen) atoms. The molecule has 0 radical (unpaired) electrons. The zero-order chi connectivity index (χ0) is 15.1. The third kappa shape index (κ3) is 5.73. The molecule has 112 valence electrons. The smallest absolute Gasteiger partial charge is 0.164 e. The van der Waals surface area contributed by atoms with Crippen LogP contribution in [0.3, 0.4) is 0 Å². The normalized spacial score (nSPS) is 12.9. The molecule has 0 aliphatic rings. The molecule has 3 nitrogen and oxygen atoms in total. The van der Waals surface area contributed by atoms with Crippen molar-refractivity contribution >= 4 is 21.7 Å². The zero-order valence-electron chi connectivity index (χ0n) is 12.9. The minimum absolute atomic E-state index is 0.210. The SMILES string of the molecule is CCN(CCC(=O)c1cccc(Br)c1)C(C)CN(C)C. The fraction of sp³-hybridized carbons (Fsp3) is 0.562. The highest BCUT2D eigenvalue weighted by Crippen LogP contribution is 2.13. The van der Waals surface area contributed by atoms with E-state index in [9.17, 15) is 4.79 Å². The van der Waals surface area contributed by atoms with E-state index in [0.717, 1.165) is 29.7 Å². The lowest BCUT2D eigenvalue weighted by molar-refractivity contribution is 0.0949. The first-order valence-electron chi connectivity index (χ1n) is 7.11. The molecule has 1 aromatic rings. The van der Waals surface area contributed by atoms with Crippen molar-refractivity contribution in [2.24, 2.45) is 0 Å². The lowest BCUT2D eigenvalue weighted by atomic mass is 10.1. The molecule has 0 saturated heterocycles. The fourth-order valence-corrected chi connectivity index (χ4v) is 2.78. The summed E-state index contributed by atoms with van der Waals surface area (Å²) in [5, 5.41) is 0. The van der Waals surface area contributed by atoms with Crippen LogP contribution in [-0.4, -0.2) is 55.4 Å². The van der Waals surface area contributed by atoms with E-state index in [1.807, 2.05) is 24.3 Å². The van der Waals surface area contributed by atoms with Gasteiger partial charge in [0.1, 0.15) is 0 Å². The van der Waals surface area contributed by atoms with E-state index in [2.05, 4.69) is 53.7 Å². The third-order valence-corrected chi connectivity index (χ3v) is 3.92. The molecule has 0 aliphatic heterocycles. The summed E-state index contributed by atoms with van der Waals surface area (Å²) >= 11 is 3.41. The van der Waals surface area contributed by atoms with E-state index in [4.69, 9.17) is 0 Å². The highest BCUT2D eigenvalue weighted by Gasteiger charge is 2.15. The summed E-state index contributed by atoms with van der Waals surface area (Å²) in [6, 6.07) is 8.08. The monoisotopic (exact) mass is 340 g/mol. The van der Waals surface area contributed by atoms with Crippen LogP contribution in [0, 0.1) is 0 Å². The summed E-state index contributed by atoms with van der Waals surface area (Å²) in [4.78, 5) is 16.7. The molecule has 0 N–H and O–H groups in total. The molecule has 1 atom stereocenters. The van der Waals surface area contributed by atoms with E-state index < -0.39 is 0 Å². The van der Waals surface area contributed by atoms with E-state index in [-0.39, 0.29) is 5.78 Å². The van der Waals surface area contributed by atoms with Crippen LogP contribution in [0.15, 0.2) is 28.7 Å². The van der Waals surface area contributed by atoms with Gasteiger partial charge in [0, 0.05) is 35.6 Å². The van der Waals surface area contributed by atoms with Gasteiger partial charge in [-0.25, -0.2) is 0 Å². The van der Waals surface area contributed by atoms with Crippen LogP contribution in [0.4, 0.5) is 0 Å². The van der Waals surface area contributed by atoms with Gasteiger partial charge in [0.2, 0.25) is 0 Å². The van der Waals surface area contributed by atoms with Gasteiger partial charge in [0.15, 0.2) is 5.78 Å². The fourth-order valence-electron chi connectivity index (χ4n) is 2.39. The van der Waals surface area contributed by atoms with Crippen LogP contribution in [0.25, 0.3) is 0 Å². The predicted molar refractivity (Wildman–Crippen MR) is 88.4 cm³/mol. The van der Waals surface area contributed by atoms with E-state index in [1.165, 1.54) is 0 Å². The number of carbonyl (C=O) groups is 1. The van der Waals surface area contributed by atoms with Crippen LogP contribution in [0.2, 0.25) is 0 Å². The molecule has 1 unspecified atom stereocenters. The number of rotatable bonds is 8. The number of nitrogens with zero attached hydrogens (tertiary/aromatic N) is 2. The number of carbonyl (C=O) groups excluding carboxylic acids is 1. The molecule has 0 saturated carbocycles. The number of likely N-dealkylation sites (N-methyl/N-ethyl adjacent to an activating group) is 2. The van der Waals surface area contributed by atoms with Gasteiger partial charge >= 0.3 is 0 Å². The van der Waals surface area contributed by atoms with Gasteiger partial charge in [-0.2, -0.15) is 0 Å². The Balaban J connectivity index is 2.53. The van der Waals surface area contributed by atoms with Gasteiger partial charge in [0.05, 0.1) is 0 Å². The van der Waals surface area contributed by atoms with Crippen molar-refractivity contribution in [3.8, 4) is 0 Å². The van der Waals surface area contributed by atoms with Crippen molar-refractivity contribution in [2.45, 2.75) is 26.3 Å². The second-order valence-corrected chi connectivity index (χ2v) is 6.34. The minimum atomic E-state index is 0.210. The average Bonchev–Trinajstić information content (AvgIpc) is 2.38. The maximum Gasteiger partial charge on any atom is 0.164 e. The van der Waals surface area contributed by atoms with E-state index >= 15 is 0 Å². The number of hydrogen-bond donors (Lipinski definition) is 0. The average molecular weight is 341 g/mol. The van der Waals surface area contributed by atoms with Gasteiger partial charge in [-0.1, -0.05) is 35.0 Å². The largest absolute Gasteiger partial charge is 0.308 e. The Morgan fingerprint density at radius 3 is 2.60 bits per heavy atom. The first kappa shape index (κ1) is 17.3. The van der Waals surface area contributed by atoms with Crippen LogP contribution in [-0.2, 0) is 0 Å². The summed E-state index contributed by atoms with van der Waals surface area (Å²) in [6.07, 6.45) is 0.571. The standard InChI is InChI=1S/C16H25BrN2O/c1-5-19(13(2)12-18(3)4)10-9-16(20)14-7-6-8-15(17)11-14/h6-8,11,13H,5,9-10,12H2,1-4H3. The third-order valence-electron chi connectivity index (χ3n) is 3.43. The molecule has 0 fully saturated rings. The van der Waals surface area contributed by atoms with Crippen molar-refractivity contribution in [3.63, 3.8) is 0 Å². The Labute approximate surface area is 131 Å². The first-order valence-corrected chi connectivity index (χ1v) is 7.91. The Hall–Kier alpha value is -0.710. The Morgan fingerprint density at radius 2 is 2.05 bits per heavy atom. The first-order chi connectivity index (χ1) is 9.43. The van der Waals surface area contributed by atoms with Crippen LogP contribution < -0.4 is 0 Å². The second kappa shape index (κ2) is 8.55. The lowest BCUT2D eigenvalue weighted by Crippen LogP contribution is -2.41. The molecule has 0 spiro atoms. The van der Waals surface area contributed by atoms with Crippen LogP contribution in [0.1, 0.15) is 30.6 Å². The topological polar surface area (TPSA) is 23.6 Å². The quantitative estimate of drug-likeness (QED) is 0.678. The van der Waals surface area contributed by atoms with E-state index in [1.54, 1.807) is 0 Å². The van der Waals surface area contributed by atoms with Crippen LogP contribution >= 0.6 is 15.9 Å². The van der Waals surface area contributed by atoms with E-state index in [0.29, 0.717) is 12.5 Å². The molecular formula is C16H25BrN2O. The molecule has 1 aromatic carbocycles. The highest BCUT2D eigenvalue weighted by molar-refractivity contribution is 9.10. The van der Waals surface area contributed by atoms with Gasteiger partial charge in [-0.3, -0.25) is 9.69 Å². The molecule has 1 rings (SSSR count).